The lowest BCUT2D eigenvalue weighted by molar-refractivity contribution is 0.217. The third kappa shape index (κ3) is 4.02. The number of hydrogen-bond donors (Lipinski definition) is 1. The summed E-state index contributed by atoms with van der Waals surface area (Å²) < 4.78 is 13.6. The Bertz CT molecular complexity index is 407. The molecule has 2 rings (SSSR count). The molecule has 1 aliphatic rings. The predicted octanol–water partition coefficient (Wildman–Crippen LogP) is 2.83. The average Bonchev–Trinajstić information content (AvgIpc) is 2.60. The number of nitrogens with one attached hydrogen (secondary N) is 1. The number of nitrogens with zero attached hydrogens (tertiary/aromatic N) is 1. The van der Waals surface area contributed by atoms with Gasteiger partial charge in [0.15, 0.2) is 0 Å². The van der Waals surface area contributed by atoms with Gasteiger partial charge >= 0.3 is 0 Å². The number of rotatable bonds is 4. The Balaban J connectivity index is 1.93. The van der Waals surface area contributed by atoms with Crippen LogP contribution in [0.15, 0.2) is 24.3 Å². The summed E-state index contributed by atoms with van der Waals surface area (Å²) in [6.07, 6.45) is 3.10. The van der Waals surface area contributed by atoms with Gasteiger partial charge in [-0.1, -0.05) is 25.1 Å². The van der Waals surface area contributed by atoms with Crippen molar-refractivity contribution in [1.29, 1.82) is 0 Å². The molecule has 0 spiro atoms. The van der Waals surface area contributed by atoms with Gasteiger partial charge in [-0.2, -0.15) is 0 Å². The zero-order chi connectivity index (χ0) is 13.7. The lowest BCUT2D eigenvalue weighted by Crippen LogP contribution is -2.48. The van der Waals surface area contributed by atoms with Crippen LogP contribution in [-0.2, 0) is 6.42 Å². The SMILES string of the molecule is CCC1(C)CN(CCc2ccccc2F)CCCN1. The molecule has 1 saturated heterocycles. The number of hydrogen-bond acceptors (Lipinski definition) is 2. The second kappa shape index (κ2) is 6.49. The molecule has 1 fully saturated rings. The van der Waals surface area contributed by atoms with Crippen LogP contribution in [0.25, 0.3) is 0 Å². The highest BCUT2D eigenvalue weighted by Gasteiger charge is 2.26. The Labute approximate surface area is 116 Å². The van der Waals surface area contributed by atoms with Gasteiger partial charge in [-0.3, -0.25) is 0 Å². The van der Waals surface area contributed by atoms with Crippen LogP contribution in [0.2, 0.25) is 0 Å². The van der Waals surface area contributed by atoms with Gasteiger partial charge in [-0.05, 0) is 50.9 Å². The Hall–Kier alpha value is -0.930. The van der Waals surface area contributed by atoms with Crippen LogP contribution in [0.4, 0.5) is 4.39 Å². The molecule has 0 saturated carbocycles. The van der Waals surface area contributed by atoms with Crippen molar-refractivity contribution in [3.05, 3.63) is 35.6 Å². The van der Waals surface area contributed by atoms with Crippen molar-refractivity contribution in [3.63, 3.8) is 0 Å². The van der Waals surface area contributed by atoms with E-state index in [0.717, 1.165) is 44.6 Å². The summed E-state index contributed by atoms with van der Waals surface area (Å²) in [5, 5.41) is 3.63. The molecule has 0 bridgehead atoms. The zero-order valence-electron chi connectivity index (χ0n) is 12.1. The first-order valence-electron chi connectivity index (χ1n) is 7.34. The van der Waals surface area contributed by atoms with Gasteiger partial charge in [-0.25, -0.2) is 4.39 Å². The summed E-state index contributed by atoms with van der Waals surface area (Å²) in [6, 6.07) is 7.11. The van der Waals surface area contributed by atoms with E-state index in [9.17, 15) is 4.39 Å². The summed E-state index contributed by atoms with van der Waals surface area (Å²) in [5.74, 6) is -0.0753. The smallest absolute Gasteiger partial charge is 0.126 e. The zero-order valence-corrected chi connectivity index (χ0v) is 12.1. The highest BCUT2D eigenvalue weighted by Crippen LogP contribution is 2.16. The summed E-state index contributed by atoms with van der Waals surface area (Å²) in [6.45, 7) is 8.70. The molecule has 106 valence electrons. The second-order valence-corrected chi connectivity index (χ2v) is 5.81. The van der Waals surface area contributed by atoms with E-state index in [1.54, 1.807) is 12.1 Å². The van der Waals surface area contributed by atoms with Crippen molar-refractivity contribution in [1.82, 2.24) is 10.2 Å². The van der Waals surface area contributed by atoms with Crippen molar-refractivity contribution >= 4 is 0 Å². The van der Waals surface area contributed by atoms with Gasteiger partial charge in [0.05, 0.1) is 0 Å². The molecule has 1 N–H and O–H groups in total. The van der Waals surface area contributed by atoms with E-state index >= 15 is 0 Å². The minimum Gasteiger partial charge on any atom is -0.310 e. The van der Waals surface area contributed by atoms with Gasteiger partial charge in [0, 0.05) is 18.6 Å². The predicted molar refractivity (Wildman–Crippen MR) is 77.9 cm³/mol. The molecule has 0 aliphatic carbocycles. The van der Waals surface area contributed by atoms with E-state index < -0.39 is 0 Å². The molecule has 2 nitrogen and oxygen atoms in total. The van der Waals surface area contributed by atoms with E-state index in [0.29, 0.717) is 0 Å². The molecule has 1 unspecified atom stereocenters. The molecule has 1 aromatic rings. The van der Waals surface area contributed by atoms with Gasteiger partial charge in [0.25, 0.3) is 0 Å². The largest absolute Gasteiger partial charge is 0.310 e. The molecule has 1 aliphatic heterocycles. The van der Waals surface area contributed by atoms with Gasteiger partial charge in [-0.15, -0.1) is 0 Å². The van der Waals surface area contributed by atoms with Crippen LogP contribution in [0.3, 0.4) is 0 Å². The minimum atomic E-state index is -0.0753. The fraction of sp³-hybridized carbons (Fsp3) is 0.625. The van der Waals surface area contributed by atoms with E-state index in [-0.39, 0.29) is 11.4 Å². The molecule has 0 aromatic heterocycles. The van der Waals surface area contributed by atoms with Crippen molar-refractivity contribution in [2.24, 2.45) is 0 Å². The van der Waals surface area contributed by atoms with Crippen molar-refractivity contribution in [2.75, 3.05) is 26.2 Å². The quantitative estimate of drug-likeness (QED) is 0.899. The maximum atomic E-state index is 13.6. The molecular formula is C16H25FN2. The van der Waals surface area contributed by atoms with Crippen LogP contribution in [0.1, 0.15) is 32.3 Å². The van der Waals surface area contributed by atoms with Crippen molar-refractivity contribution in [3.8, 4) is 0 Å². The first kappa shape index (κ1) is 14.5. The first-order valence-corrected chi connectivity index (χ1v) is 7.34. The van der Waals surface area contributed by atoms with Crippen LogP contribution in [0.5, 0.6) is 0 Å². The monoisotopic (exact) mass is 264 g/mol. The van der Waals surface area contributed by atoms with Crippen molar-refractivity contribution < 1.29 is 4.39 Å². The third-order valence-electron chi connectivity index (χ3n) is 4.21. The Kier molecular flexibility index (Phi) is 4.94. The molecule has 0 radical (unpaired) electrons. The molecule has 3 heteroatoms. The maximum absolute atomic E-state index is 13.6. The number of halogens is 1. The number of benzene rings is 1. The fourth-order valence-electron chi connectivity index (χ4n) is 2.73. The van der Waals surface area contributed by atoms with Crippen molar-refractivity contribution in [2.45, 2.75) is 38.6 Å². The van der Waals surface area contributed by atoms with Crippen LogP contribution in [0, 0.1) is 5.82 Å². The van der Waals surface area contributed by atoms with Gasteiger partial charge in [0.1, 0.15) is 5.82 Å². The highest BCUT2D eigenvalue weighted by molar-refractivity contribution is 5.17. The summed E-state index contributed by atoms with van der Waals surface area (Å²) >= 11 is 0. The topological polar surface area (TPSA) is 15.3 Å². The normalized spacial score (nSPS) is 25.2. The maximum Gasteiger partial charge on any atom is 0.126 e. The second-order valence-electron chi connectivity index (χ2n) is 5.81. The highest BCUT2D eigenvalue weighted by atomic mass is 19.1. The van der Waals surface area contributed by atoms with Crippen LogP contribution >= 0.6 is 0 Å². The van der Waals surface area contributed by atoms with E-state index in [1.807, 2.05) is 12.1 Å². The molecule has 1 atom stereocenters. The summed E-state index contributed by atoms with van der Waals surface area (Å²) in [4.78, 5) is 2.47. The third-order valence-corrected chi connectivity index (χ3v) is 4.21. The van der Waals surface area contributed by atoms with Crippen LogP contribution in [-0.4, -0.2) is 36.6 Å². The Morgan fingerprint density at radius 3 is 2.89 bits per heavy atom. The molecule has 19 heavy (non-hydrogen) atoms. The summed E-state index contributed by atoms with van der Waals surface area (Å²) in [5.41, 5.74) is 1.03. The molecule has 0 amide bonds. The minimum absolute atomic E-state index is 0.0753. The van der Waals surface area contributed by atoms with E-state index in [4.69, 9.17) is 0 Å². The first-order chi connectivity index (χ1) is 9.13. The molecule has 1 aromatic carbocycles. The Morgan fingerprint density at radius 1 is 1.37 bits per heavy atom. The lowest BCUT2D eigenvalue weighted by Gasteiger charge is -2.32. The van der Waals surface area contributed by atoms with E-state index in [2.05, 4.69) is 24.1 Å². The molecular weight excluding hydrogens is 239 g/mol. The molecule has 1 heterocycles. The van der Waals surface area contributed by atoms with E-state index in [1.165, 1.54) is 6.42 Å². The fourth-order valence-corrected chi connectivity index (χ4v) is 2.73. The Morgan fingerprint density at radius 2 is 2.16 bits per heavy atom. The van der Waals surface area contributed by atoms with Gasteiger partial charge in [0.2, 0.25) is 0 Å². The standard InChI is InChI=1S/C16H25FN2/c1-3-16(2)13-19(11-6-10-18-16)12-9-14-7-4-5-8-15(14)17/h4-5,7-8,18H,3,6,9-13H2,1-2H3. The van der Waals surface area contributed by atoms with Crippen LogP contribution < -0.4 is 5.32 Å². The average molecular weight is 264 g/mol. The van der Waals surface area contributed by atoms with Gasteiger partial charge < -0.3 is 10.2 Å². The lowest BCUT2D eigenvalue weighted by atomic mass is 9.98. The summed E-state index contributed by atoms with van der Waals surface area (Å²) in [7, 11) is 0.